The van der Waals surface area contributed by atoms with Gasteiger partial charge in [-0.25, -0.2) is 9.18 Å². The molecule has 0 bridgehead atoms. The summed E-state index contributed by atoms with van der Waals surface area (Å²) in [6, 6.07) is 12.0. The van der Waals surface area contributed by atoms with Gasteiger partial charge in [0.05, 0.1) is 12.6 Å². The molecule has 2 atom stereocenters. The summed E-state index contributed by atoms with van der Waals surface area (Å²) >= 11 is 0. The molecule has 100 valence electrons. The van der Waals surface area contributed by atoms with Crippen molar-refractivity contribution in [2.24, 2.45) is 5.73 Å². The molecule has 0 aliphatic carbocycles. The van der Waals surface area contributed by atoms with Crippen LogP contribution in [-0.2, 0) is 9.53 Å². The van der Waals surface area contributed by atoms with E-state index in [1.165, 1.54) is 0 Å². The summed E-state index contributed by atoms with van der Waals surface area (Å²) in [4.78, 5) is 11.4. The Morgan fingerprint density at radius 1 is 1.26 bits per heavy atom. The number of nitrogens with two attached hydrogens (primary N) is 1. The number of fused-ring (bicyclic) bond motifs is 1. The van der Waals surface area contributed by atoms with Crippen molar-refractivity contribution >= 4 is 16.7 Å². The molecule has 0 aliphatic rings. The smallest absolute Gasteiger partial charge is 0.342 e. The molecule has 0 saturated heterocycles. The van der Waals surface area contributed by atoms with Gasteiger partial charge in [-0.3, -0.25) is 0 Å². The molecule has 0 saturated carbocycles. The second-order valence-corrected chi connectivity index (χ2v) is 4.25. The van der Waals surface area contributed by atoms with Crippen molar-refractivity contribution in [1.29, 1.82) is 0 Å². The van der Waals surface area contributed by atoms with Gasteiger partial charge in [-0.15, -0.1) is 0 Å². The molecule has 0 aromatic heterocycles. The van der Waals surface area contributed by atoms with Crippen LogP contribution in [0.2, 0.25) is 0 Å². The van der Waals surface area contributed by atoms with Crippen LogP contribution >= 0.6 is 0 Å². The molecule has 4 heteroatoms. The number of ether oxygens (including phenoxy) is 1. The van der Waals surface area contributed by atoms with Crippen LogP contribution in [0.3, 0.4) is 0 Å². The van der Waals surface area contributed by atoms with Crippen molar-refractivity contribution in [3.8, 4) is 0 Å². The maximum Gasteiger partial charge on any atom is 0.342 e. The Balaban J connectivity index is 2.36. The number of esters is 1. The Morgan fingerprint density at radius 3 is 2.68 bits per heavy atom. The fourth-order valence-electron chi connectivity index (χ4n) is 2.07. The highest BCUT2D eigenvalue weighted by molar-refractivity contribution is 5.87. The number of carbonyl (C=O) groups is 1. The molecule has 3 nitrogen and oxygen atoms in total. The molecule has 0 spiro atoms. The van der Waals surface area contributed by atoms with E-state index >= 15 is 0 Å². The molecule has 0 amide bonds. The number of alkyl halides is 1. The summed E-state index contributed by atoms with van der Waals surface area (Å²) in [6.45, 7) is 1.77. The molecule has 19 heavy (non-hydrogen) atoms. The molecule has 2 aromatic rings. The van der Waals surface area contributed by atoms with Gasteiger partial charge in [0.1, 0.15) is 0 Å². The first-order valence-corrected chi connectivity index (χ1v) is 6.19. The molecule has 2 N–H and O–H groups in total. The lowest BCUT2D eigenvalue weighted by atomic mass is 9.96. The van der Waals surface area contributed by atoms with E-state index in [0.29, 0.717) is 5.56 Å². The first-order chi connectivity index (χ1) is 9.15. The Bertz CT molecular complexity index is 580. The molecular weight excluding hydrogens is 245 g/mol. The van der Waals surface area contributed by atoms with E-state index in [0.717, 1.165) is 10.8 Å². The number of halogens is 1. The molecule has 0 radical (unpaired) electrons. The van der Waals surface area contributed by atoms with E-state index in [4.69, 9.17) is 5.73 Å². The third kappa shape index (κ3) is 2.74. The van der Waals surface area contributed by atoms with Crippen LogP contribution in [0.25, 0.3) is 10.8 Å². The van der Waals surface area contributed by atoms with E-state index < -0.39 is 18.2 Å². The average Bonchev–Trinajstić information content (AvgIpc) is 2.45. The molecule has 1 unspecified atom stereocenters. The summed E-state index contributed by atoms with van der Waals surface area (Å²) < 4.78 is 18.7. The average molecular weight is 261 g/mol. The van der Waals surface area contributed by atoms with Gasteiger partial charge in [0.15, 0.2) is 0 Å². The SMILES string of the molecule is CCOC(=O)C(F)[C@H](N)c1cccc2ccccc12. The maximum atomic E-state index is 14.0. The molecule has 0 aliphatic heterocycles. The first-order valence-electron chi connectivity index (χ1n) is 6.19. The highest BCUT2D eigenvalue weighted by atomic mass is 19.1. The van der Waals surface area contributed by atoms with Gasteiger partial charge in [0, 0.05) is 0 Å². The zero-order valence-electron chi connectivity index (χ0n) is 10.7. The number of hydrogen-bond acceptors (Lipinski definition) is 3. The summed E-state index contributed by atoms with van der Waals surface area (Å²) in [5, 5.41) is 1.82. The second kappa shape index (κ2) is 5.80. The Morgan fingerprint density at radius 2 is 1.95 bits per heavy atom. The van der Waals surface area contributed by atoms with Crippen LogP contribution in [0.5, 0.6) is 0 Å². The van der Waals surface area contributed by atoms with Crippen LogP contribution in [0.1, 0.15) is 18.5 Å². The predicted molar refractivity (Wildman–Crippen MR) is 72.4 cm³/mol. The van der Waals surface area contributed by atoms with Gasteiger partial charge in [0.25, 0.3) is 0 Å². The number of benzene rings is 2. The summed E-state index contributed by atoms with van der Waals surface area (Å²) in [7, 11) is 0. The van der Waals surface area contributed by atoms with Crippen LogP contribution in [-0.4, -0.2) is 18.7 Å². The zero-order chi connectivity index (χ0) is 13.8. The maximum absolute atomic E-state index is 14.0. The van der Waals surface area contributed by atoms with Crippen LogP contribution in [0.15, 0.2) is 42.5 Å². The summed E-state index contributed by atoms with van der Waals surface area (Å²) in [6.07, 6.45) is -1.86. The first kappa shape index (κ1) is 13.5. The van der Waals surface area contributed by atoms with E-state index in [9.17, 15) is 9.18 Å². The topological polar surface area (TPSA) is 52.3 Å². The lowest BCUT2D eigenvalue weighted by Crippen LogP contribution is -2.31. The quantitative estimate of drug-likeness (QED) is 0.861. The van der Waals surface area contributed by atoms with Gasteiger partial charge in [-0.05, 0) is 23.3 Å². The Labute approximate surface area is 111 Å². The summed E-state index contributed by atoms with van der Waals surface area (Å²) in [5.74, 6) is -0.914. The monoisotopic (exact) mass is 261 g/mol. The third-order valence-corrected chi connectivity index (χ3v) is 3.01. The van der Waals surface area contributed by atoms with Crippen molar-refractivity contribution in [1.82, 2.24) is 0 Å². The minimum atomic E-state index is -1.86. The van der Waals surface area contributed by atoms with Crippen molar-refractivity contribution in [2.45, 2.75) is 19.1 Å². The Hall–Kier alpha value is -1.94. The van der Waals surface area contributed by atoms with Gasteiger partial charge in [-0.1, -0.05) is 42.5 Å². The van der Waals surface area contributed by atoms with Crippen molar-refractivity contribution in [2.75, 3.05) is 6.61 Å². The molecule has 2 aromatic carbocycles. The fourth-order valence-corrected chi connectivity index (χ4v) is 2.07. The van der Waals surface area contributed by atoms with Gasteiger partial charge < -0.3 is 10.5 Å². The number of rotatable bonds is 4. The summed E-state index contributed by atoms with van der Waals surface area (Å²) in [5.41, 5.74) is 6.47. The van der Waals surface area contributed by atoms with Crippen molar-refractivity contribution in [3.63, 3.8) is 0 Å². The lowest BCUT2D eigenvalue weighted by Gasteiger charge is -2.17. The van der Waals surface area contributed by atoms with Crippen LogP contribution in [0, 0.1) is 0 Å². The highest BCUT2D eigenvalue weighted by Crippen LogP contribution is 2.26. The predicted octanol–water partition coefficient (Wildman–Crippen LogP) is 2.74. The minimum absolute atomic E-state index is 0.140. The van der Waals surface area contributed by atoms with Crippen LogP contribution in [0.4, 0.5) is 4.39 Å². The van der Waals surface area contributed by atoms with Gasteiger partial charge in [0.2, 0.25) is 6.17 Å². The fraction of sp³-hybridized carbons (Fsp3) is 0.267. The molecule has 2 rings (SSSR count). The van der Waals surface area contributed by atoms with Crippen LogP contribution < -0.4 is 5.73 Å². The van der Waals surface area contributed by atoms with Gasteiger partial charge >= 0.3 is 5.97 Å². The number of hydrogen-bond donors (Lipinski definition) is 1. The van der Waals surface area contributed by atoms with E-state index in [1.54, 1.807) is 19.1 Å². The largest absolute Gasteiger partial charge is 0.464 e. The minimum Gasteiger partial charge on any atom is -0.464 e. The molecule has 0 heterocycles. The Kier molecular flexibility index (Phi) is 4.12. The van der Waals surface area contributed by atoms with E-state index in [1.807, 2.05) is 30.3 Å². The standard InChI is InChI=1S/C15H16FNO2/c1-2-19-15(18)13(16)14(17)12-9-5-7-10-6-3-4-8-11(10)12/h3-9,13-14H,2,17H2,1H3/t13?,14-/m1/s1. The van der Waals surface area contributed by atoms with Crippen molar-refractivity contribution < 1.29 is 13.9 Å². The lowest BCUT2D eigenvalue weighted by molar-refractivity contribution is -0.149. The van der Waals surface area contributed by atoms with E-state index in [-0.39, 0.29) is 6.61 Å². The normalized spacial score (nSPS) is 14.1. The highest BCUT2D eigenvalue weighted by Gasteiger charge is 2.28. The number of carbonyl (C=O) groups excluding carboxylic acids is 1. The van der Waals surface area contributed by atoms with Gasteiger partial charge in [-0.2, -0.15) is 0 Å². The molecule has 0 fully saturated rings. The van der Waals surface area contributed by atoms with E-state index in [2.05, 4.69) is 4.74 Å². The second-order valence-electron chi connectivity index (χ2n) is 4.25. The van der Waals surface area contributed by atoms with Crippen molar-refractivity contribution in [3.05, 3.63) is 48.0 Å². The molecular formula is C15H16FNO2. The third-order valence-electron chi connectivity index (χ3n) is 3.01. The zero-order valence-corrected chi connectivity index (χ0v) is 10.7.